The number of hydrogen-bond acceptors (Lipinski definition) is 7. The molecule has 0 atom stereocenters. The largest absolute Gasteiger partial charge is 0.733 e. The van der Waals surface area contributed by atoms with Gasteiger partial charge in [0.05, 0.1) is 28.5 Å². The molecule has 2 aromatic carbocycles. The predicted octanol–water partition coefficient (Wildman–Crippen LogP) is 2.53. The van der Waals surface area contributed by atoms with Gasteiger partial charge in [0, 0.05) is 0 Å². The summed E-state index contributed by atoms with van der Waals surface area (Å²) in [7, 11) is -3.71. The van der Waals surface area contributed by atoms with Crippen LogP contribution in [0.3, 0.4) is 0 Å². The molecule has 0 amide bonds. The zero-order valence-corrected chi connectivity index (χ0v) is 13.7. The van der Waals surface area contributed by atoms with Crippen molar-refractivity contribution in [3.8, 4) is 0 Å². The van der Waals surface area contributed by atoms with Crippen molar-refractivity contribution in [3.05, 3.63) is 64.9 Å². The molecule has 0 heterocycles. The minimum absolute atomic E-state index is 0.0441. The number of esters is 1. The van der Waals surface area contributed by atoms with Gasteiger partial charge in [-0.15, -0.1) is 0 Å². The van der Waals surface area contributed by atoms with Crippen molar-refractivity contribution >= 4 is 21.5 Å². The van der Waals surface area contributed by atoms with E-state index < -0.39 is 26.8 Å². The van der Waals surface area contributed by atoms with Crippen LogP contribution in [0.1, 0.15) is 22.8 Å². The second kappa shape index (κ2) is 7.43. The Morgan fingerprint density at radius 3 is 2.46 bits per heavy atom. The topological polar surface area (TPSA) is 107 Å². The summed E-state index contributed by atoms with van der Waals surface area (Å²) in [5.41, 5.74) is -0.202. The van der Waals surface area contributed by atoms with Crippen LogP contribution in [0.4, 0.5) is 5.69 Å². The fraction of sp³-hybridized carbons (Fsp3) is 0.188. The highest BCUT2D eigenvalue weighted by Crippen LogP contribution is 2.26. The van der Waals surface area contributed by atoms with Crippen molar-refractivity contribution in [1.29, 1.82) is 0 Å². The first-order valence-electron chi connectivity index (χ1n) is 7.09. The zero-order valence-electron chi connectivity index (χ0n) is 12.9. The average molecular weight is 350 g/mol. The lowest BCUT2D eigenvalue weighted by atomic mass is 10.1. The van der Waals surface area contributed by atoms with E-state index in [1.54, 1.807) is 25.1 Å². The molecule has 0 spiro atoms. The van der Waals surface area contributed by atoms with E-state index in [0.717, 1.165) is 6.07 Å². The molecule has 0 saturated heterocycles. The molecule has 7 nitrogen and oxygen atoms in total. The molecule has 0 aromatic heterocycles. The van der Waals surface area contributed by atoms with E-state index in [1.807, 2.05) is 0 Å². The second-order valence-corrected chi connectivity index (χ2v) is 6.90. The summed E-state index contributed by atoms with van der Waals surface area (Å²) in [6.45, 7) is 1.78. The maximum absolute atomic E-state index is 12.4. The number of ether oxygens (including phenoxy) is 1. The summed E-state index contributed by atoms with van der Waals surface area (Å²) >= 11 is 0. The van der Waals surface area contributed by atoms with Crippen molar-refractivity contribution in [3.63, 3.8) is 0 Å². The summed E-state index contributed by atoms with van der Waals surface area (Å²) in [5.74, 6) is -1.16. The van der Waals surface area contributed by atoms with Crippen LogP contribution in [-0.2, 0) is 20.3 Å². The molecule has 1 N–H and O–H groups in total. The van der Waals surface area contributed by atoms with Crippen molar-refractivity contribution in [1.82, 2.24) is 0 Å². The normalized spacial score (nSPS) is 11.1. The molecule has 0 saturated carbocycles. The summed E-state index contributed by atoms with van der Waals surface area (Å²) in [6.07, 6.45) is 0. The number of nitrogens with zero attached hydrogens (tertiary/aromatic N) is 1. The molecule has 2 aromatic rings. The smallest absolute Gasteiger partial charge is 0.338 e. The van der Waals surface area contributed by atoms with Crippen LogP contribution in [0.25, 0.3) is 0 Å². The Morgan fingerprint density at radius 1 is 1.21 bits per heavy atom. The lowest BCUT2D eigenvalue weighted by molar-refractivity contribution is 0.0526. The first kappa shape index (κ1) is 17.9. The summed E-state index contributed by atoms with van der Waals surface area (Å²) < 4.78 is 29.6. The molecule has 128 valence electrons. The molecular formula is C16H16NO6S-. The molecule has 2 rings (SSSR count). The van der Waals surface area contributed by atoms with Gasteiger partial charge < -0.3 is 15.2 Å². The molecular weight excluding hydrogens is 334 g/mol. The van der Waals surface area contributed by atoms with Gasteiger partial charge in [-0.1, -0.05) is 24.3 Å². The Hall–Kier alpha value is -2.42. The van der Waals surface area contributed by atoms with Crippen LogP contribution in [0.2, 0.25) is 0 Å². The second-order valence-electron chi connectivity index (χ2n) is 4.91. The van der Waals surface area contributed by atoms with Crippen LogP contribution in [0.5, 0.6) is 0 Å². The SMILES string of the molecule is CCOC(=O)c1ccc(CS(=O)(=O)c2ccccc2)c(N([O-])O)c1. The van der Waals surface area contributed by atoms with Crippen LogP contribution in [-0.4, -0.2) is 26.2 Å². The lowest BCUT2D eigenvalue weighted by Crippen LogP contribution is -2.15. The van der Waals surface area contributed by atoms with Crippen LogP contribution in [0, 0.1) is 5.21 Å². The van der Waals surface area contributed by atoms with Crippen LogP contribution in [0.15, 0.2) is 53.4 Å². The van der Waals surface area contributed by atoms with Gasteiger partial charge in [-0.05, 0) is 36.8 Å². The molecule has 24 heavy (non-hydrogen) atoms. The standard InChI is InChI=1S/C16H16NO6S/c1-2-23-16(18)12-8-9-13(15(10-12)17(19)20)11-24(21,22)14-6-4-3-5-7-14/h3-10,19H,2,11H2,1H3/q-1. The highest BCUT2D eigenvalue weighted by atomic mass is 32.2. The number of sulfone groups is 1. The van der Waals surface area contributed by atoms with Crippen molar-refractivity contribution in [2.45, 2.75) is 17.6 Å². The van der Waals surface area contributed by atoms with Gasteiger partial charge in [0.15, 0.2) is 9.84 Å². The number of carbonyl (C=O) groups excluding carboxylic acids is 1. The quantitative estimate of drug-likeness (QED) is 0.630. The lowest BCUT2D eigenvalue weighted by Gasteiger charge is -2.25. The summed E-state index contributed by atoms with van der Waals surface area (Å²) in [5, 5.41) is 20.1. The highest BCUT2D eigenvalue weighted by Gasteiger charge is 2.19. The third-order valence-electron chi connectivity index (χ3n) is 3.25. The van der Waals surface area contributed by atoms with Crippen LogP contribution >= 0.6 is 0 Å². The van der Waals surface area contributed by atoms with E-state index in [2.05, 4.69) is 0 Å². The van der Waals surface area contributed by atoms with E-state index in [4.69, 9.17) is 4.74 Å². The number of anilines is 1. The van der Waals surface area contributed by atoms with Crippen molar-refractivity contribution < 1.29 is 23.2 Å². The van der Waals surface area contributed by atoms with Gasteiger partial charge in [0.25, 0.3) is 0 Å². The first-order valence-corrected chi connectivity index (χ1v) is 8.74. The summed E-state index contributed by atoms with van der Waals surface area (Å²) in [6, 6.07) is 11.5. The fourth-order valence-corrected chi connectivity index (χ4v) is 3.51. The molecule has 0 aliphatic carbocycles. The monoisotopic (exact) mass is 350 g/mol. The van der Waals surface area contributed by atoms with E-state index in [0.29, 0.717) is 0 Å². The van der Waals surface area contributed by atoms with Crippen molar-refractivity contribution in [2.75, 3.05) is 11.8 Å². The molecule has 8 heteroatoms. The number of hydrogen-bond donors (Lipinski definition) is 1. The Balaban J connectivity index is 2.38. The molecule has 0 unspecified atom stereocenters. The van der Waals surface area contributed by atoms with Gasteiger partial charge >= 0.3 is 5.97 Å². The van der Waals surface area contributed by atoms with Gasteiger partial charge in [-0.3, -0.25) is 5.21 Å². The van der Waals surface area contributed by atoms with E-state index in [9.17, 15) is 23.6 Å². The Labute approximate surface area is 139 Å². The van der Waals surface area contributed by atoms with Crippen molar-refractivity contribution in [2.24, 2.45) is 0 Å². The minimum Gasteiger partial charge on any atom is -0.733 e. The Bertz CT molecular complexity index is 818. The van der Waals surface area contributed by atoms with E-state index in [-0.39, 0.29) is 28.3 Å². The maximum atomic E-state index is 12.4. The predicted molar refractivity (Wildman–Crippen MR) is 87.4 cm³/mol. The fourth-order valence-electron chi connectivity index (χ4n) is 2.12. The molecule has 0 aliphatic rings. The average Bonchev–Trinajstić information content (AvgIpc) is 2.55. The number of rotatable bonds is 6. The first-order chi connectivity index (χ1) is 11.3. The number of benzene rings is 2. The number of carbonyl (C=O) groups is 1. The van der Waals surface area contributed by atoms with Gasteiger partial charge in [0.2, 0.25) is 0 Å². The minimum atomic E-state index is -3.71. The van der Waals surface area contributed by atoms with Gasteiger partial charge in [-0.2, -0.15) is 0 Å². The summed E-state index contributed by atoms with van der Waals surface area (Å²) in [4.78, 5) is 11.8. The highest BCUT2D eigenvalue weighted by molar-refractivity contribution is 7.90. The molecule has 0 fully saturated rings. The third-order valence-corrected chi connectivity index (χ3v) is 4.93. The van der Waals surface area contributed by atoms with E-state index in [1.165, 1.54) is 24.3 Å². The maximum Gasteiger partial charge on any atom is 0.338 e. The molecule has 0 aliphatic heterocycles. The Morgan fingerprint density at radius 2 is 1.88 bits per heavy atom. The van der Waals surface area contributed by atoms with Gasteiger partial charge in [-0.25, -0.2) is 13.2 Å². The Kier molecular flexibility index (Phi) is 5.55. The van der Waals surface area contributed by atoms with E-state index >= 15 is 0 Å². The third kappa shape index (κ3) is 4.10. The molecule has 0 radical (unpaired) electrons. The molecule has 0 bridgehead atoms. The van der Waals surface area contributed by atoms with Crippen LogP contribution < -0.4 is 5.23 Å². The zero-order chi connectivity index (χ0) is 17.7. The van der Waals surface area contributed by atoms with Gasteiger partial charge in [0.1, 0.15) is 0 Å².